The average Bonchev–Trinajstić information content (AvgIpc) is 3.44. The Labute approximate surface area is 235 Å². The van der Waals surface area contributed by atoms with Gasteiger partial charge in [0.1, 0.15) is 6.04 Å². The van der Waals surface area contributed by atoms with E-state index in [0.717, 1.165) is 54.5 Å². The zero-order valence-corrected chi connectivity index (χ0v) is 23.0. The van der Waals surface area contributed by atoms with Gasteiger partial charge in [0, 0.05) is 48.3 Å². The van der Waals surface area contributed by atoms with Crippen LogP contribution in [0.2, 0.25) is 0 Å². The maximum absolute atomic E-state index is 13.8. The van der Waals surface area contributed by atoms with Gasteiger partial charge in [0.25, 0.3) is 0 Å². The number of carbonyl (C=O) groups excluding carboxylic acids is 2. The molecule has 3 aromatic carbocycles. The van der Waals surface area contributed by atoms with Crippen molar-refractivity contribution < 1.29 is 9.59 Å². The van der Waals surface area contributed by atoms with Crippen LogP contribution in [0.1, 0.15) is 53.9 Å². The number of anilines is 1. The summed E-state index contributed by atoms with van der Waals surface area (Å²) in [6.45, 7) is 5.11. The van der Waals surface area contributed by atoms with Crippen LogP contribution < -0.4 is 16.0 Å². The molecule has 0 radical (unpaired) electrons. The zero-order valence-electron chi connectivity index (χ0n) is 23.0. The summed E-state index contributed by atoms with van der Waals surface area (Å²) in [5, 5.41) is 10.7. The second kappa shape index (κ2) is 11.6. The highest BCUT2D eigenvalue weighted by atomic mass is 16.2. The summed E-state index contributed by atoms with van der Waals surface area (Å²) in [6.07, 6.45) is 4.77. The number of aromatic nitrogens is 1. The van der Waals surface area contributed by atoms with Crippen molar-refractivity contribution in [1.29, 1.82) is 0 Å². The number of amides is 3. The van der Waals surface area contributed by atoms with Gasteiger partial charge in [0.05, 0.1) is 0 Å². The van der Waals surface area contributed by atoms with Gasteiger partial charge in [0.2, 0.25) is 5.91 Å². The highest BCUT2D eigenvalue weighted by molar-refractivity contribution is 5.98. The zero-order chi connectivity index (χ0) is 27.5. The van der Waals surface area contributed by atoms with Gasteiger partial charge in [-0.25, -0.2) is 4.79 Å². The number of piperidine rings is 1. The summed E-state index contributed by atoms with van der Waals surface area (Å²) in [6, 6.07) is 23.8. The number of benzene rings is 3. The van der Waals surface area contributed by atoms with Crippen LogP contribution in [0.25, 0.3) is 10.9 Å². The summed E-state index contributed by atoms with van der Waals surface area (Å²) in [5.74, 6) is -0.0109. The number of rotatable bonds is 6. The minimum atomic E-state index is -0.743. The fourth-order valence-electron chi connectivity index (χ4n) is 6.21. The van der Waals surface area contributed by atoms with Crippen molar-refractivity contribution in [2.45, 2.75) is 50.6 Å². The van der Waals surface area contributed by atoms with Crippen molar-refractivity contribution in [2.24, 2.45) is 0 Å². The summed E-state index contributed by atoms with van der Waals surface area (Å²) in [5.41, 5.74) is 6.62. The number of carbonyl (C=O) groups is 2. The van der Waals surface area contributed by atoms with Gasteiger partial charge in [-0.3, -0.25) is 4.79 Å². The number of urea groups is 1. The molecule has 206 valence electrons. The van der Waals surface area contributed by atoms with E-state index in [2.05, 4.69) is 57.3 Å². The number of aromatic amines is 1. The maximum atomic E-state index is 13.8. The highest BCUT2D eigenvalue weighted by Gasteiger charge is 2.32. The Morgan fingerprint density at radius 3 is 2.55 bits per heavy atom. The van der Waals surface area contributed by atoms with E-state index in [1.807, 2.05) is 54.4 Å². The van der Waals surface area contributed by atoms with Gasteiger partial charge in [-0.1, -0.05) is 61.5 Å². The maximum Gasteiger partial charge on any atom is 0.318 e. The van der Waals surface area contributed by atoms with Crippen molar-refractivity contribution in [3.05, 3.63) is 101 Å². The van der Waals surface area contributed by atoms with Gasteiger partial charge in [-0.2, -0.15) is 0 Å². The number of fused-ring (bicyclic) bond motifs is 2. The molecule has 1 aromatic heterocycles. The average molecular weight is 536 g/mol. The standard InChI is InChI=1S/C33H37N5O2/c1-22(29-21-35-30-10-6-5-9-28(29)30)31(32(39)36-27-12-11-24-13-16-34-20-26(24)19-27)37-33(40)38-17-14-25(15-18-38)23-7-3-2-4-8-23/h2-12,19,21-22,25,31,34-35H,13-18,20H2,1H3,(H,36,39)(H,37,40). The minimum Gasteiger partial charge on any atom is -0.361 e. The molecule has 2 aliphatic heterocycles. The van der Waals surface area contributed by atoms with Crippen LogP contribution in [-0.4, -0.2) is 47.5 Å². The Bertz CT molecular complexity index is 1490. The monoisotopic (exact) mass is 535 g/mol. The SMILES string of the molecule is CC(c1c[nH]c2ccccc12)C(NC(=O)N1CCC(c2ccccc2)CC1)C(=O)Nc1ccc2c(c1)CNCC2. The van der Waals surface area contributed by atoms with E-state index in [-0.39, 0.29) is 17.9 Å². The lowest BCUT2D eigenvalue weighted by Crippen LogP contribution is -2.53. The number of H-pyrrole nitrogens is 1. The number of para-hydroxylation sites is 1. The Balaban J connectivity index is 1.20. The van der Waals surface area contributed by atoms with Crippen molar-refractivity contribution >= 4 is 28.5 Å². The molecule has 40 heavy (non-hydrogen) atoms. The van der Waals surface area contributed by atoms with Crippen LogP contribution in [0.15, 0.2) is 79.0 Å². The third-order valence-corrected chi connectivity index (χ3v) is 8.59. The van der Waals surface area contributed by atoms with Crippen LogP contribution >= 0.6 is 0 Å². The van der Waals surface area contributed by atoms with Gasteiger partial charge in [-0.15, -0.1) is 0 Å². The predicted octanol–water partition coefficient (Wildman–Crippen LogP) is 5.51. The molecule has 4 N–H and O–H groups in total. The van der Waals surface area contributed by atoms with E-state index in [4.69, 9.17) is 0 Å². The quantitative estimate of drug-likeness (QED) is 0.262. The number of nitrogens with zero attached hydrogens (tertiary/aromatic N) is 1. The third-order valence-electron chi connectivity index (χ3n) is 8.59. The number of nitrogens with one attached hydrogen (secondary N) is 4. The second-order valence-corrected chi connectivity index (χ2v) is 11.1. The molecular weight excluding hydrogens is 498 g/mol. The fourth-order valence-corrected chi connectivity index (χ4v) is 6.21. The number of likely N-dealkylation sites (tertiary alicyclic amines) is 1. The molecule has 2 unspecified atom stereocenters. The first-order chi connectivity index (χ1) is 19.6. The van der Waals surface area contributed by atoms with Crippen molar-refractivity contribution in [3.63, 3.8) is 0 Å². The normalized spacial score (nSPS) is 17.2. The summed E-state index contributed by atoms with van der Waals surface area (Å²) in [7, 11) is 0. The number of hydrogen-bond acceptors (Lipinski definition) is 3. The Kier molecular flexibility index (Phi) is 7.55. The second-order valence-electron chi connectivity index (χ2n) is 11.1. The van der Waals surface area contributed by atoms with E-state index in [1.54, 1.807) is 0 Å². The van der Waals surface area contributed by atoms with Crippen LogP contribution in [0, 0.1) is 0 Å². The molecule has 6 rings (SSSR count). The molecular formula is C33H37N5O2. The Morgan fingerprint density at radius 1 is 0.950 bits per heavy atom. The first-order valence-corrected chi connectivity index (χ1v) is 14.4. The van der Waals surface area contributed by atoms with Crippen LogP contribution in [0.4, 0.5) is 10.5 Å². The first kappa shape index (κ1) is 26.1. The minimum absolute atomic E-state index is 0.187. The molecule has 1 saturated heterocycles. The lowest BCUT2D eigenvalue weighted by atomic mass is 9.89. The van der Waals surface area contributed by atoms with E-state index < -0.39 is 6.04 Å². The van der Waals surface area contributed by atoms with Gasteiger partial charge in [0.15, 0.2) is 0 Å². The smallest absolute Gasteiger partial charge is 0.318 e. The topological polar surface area (TPSA) is 89.3 Å². The summed E-state index contributed by atoms with van der Waals surface area (Å²) < 4.78 is 0. The predicted molar refractivity (Wildman–Crippen MR) is 160 cm³/mol. The van der Waals surface area contributed by atoms with E-state index in [9.17, 15) is 9.59 Å². The molecule has 1 fully saturated rings. The molecule has 7 heteroatoms. The molecule has 2 aliphatic rings. The van der Waals surface area contributed by atoms with Crippen LogP contribution in [-0.2, 0) is 17.8 Å². The third kappa shape index (κ3) is 5.47. The number of hydrogen-bond donors (Lipinski definition) is 4. The fraction of sp³-hybridized carbons (Fsp3) is 0.333. The Hall–Kier alpha value is -4.10. The van der Waals surface area contributed by atoms with E-state index in [0.29, 0.717) is 19.0 Å². The van der Waals surface area contributed by atoms with Crippen molar-refractivity contribution in [3.8, 4) is 0 Å². The van der Waals surface area contributed by atoms with E-state index >= 15 is 0 Å². The molecule has 2 atom stereocenters. The lowest BCUT2D eigenvalue weighted by molar-refractivity contribution is -0.118. The van der Waals surface area contributed by atoms with Crippen LogP contribution in [0.5, 0.6) is 0 Å². The summed E-state index contributed by atoms with van der Waals surface area (Å²) in [4.78, 5) is 32.6. The molecule has 0 spiro atoms. The first-order valence-electron chi connectivity index (χ1n) is 14.4. The molecule has 0 aliphatic carbocycles. The molecule has 3 amide bonds. The lowest BCUT2D eigenvalue weighted by Gasteiger charge is -2.34. The van der Waals surface area contributed by atoms with Gasteiger partial charge in [-0.05, 0) is 72.2 Å². The Morgan fingerprint density at radius 2 is 1.73 bits per heavy atom. The summed E-state index contributed by atoms with van der Waals surface area (Å²) >= 11 is 0. The van der Waals surface area contributed by atoms with Crippen LogP contribution in [0.3, 0.4) is 0 Å². The largest absolute Gasteiger partial charge is 0.361 e. The highest BCUT2D eigenvalue weighted by Crippen LogP contribution is 2.30. The molecule has 7 nitrogen and oxygen atoms in total. The molecule has 3 heterocycles. The molecule has 0 saturated carbocycles. The van der Waals surface area contributed by atoms with Crippen molar-refractivity contribution in [1.82, 2.24) is 20.5 Å². The van der Waals surface area contributed by atoms with Crippen molar-refractivity contribution in [2.75, 3.05) is 25.0 Å². The van der Waals surface area contributed by atoms with Gasteiger partial charge < -0.3 is 25.8 Å². The molecule has 0 bridgehead atoms. The van der Waals surface area contributed by atoms with Gasteiger partial charge >= 0.3 is 6.03 Å². The molecule has 4 aromatic rings. The van der Waals surface area contributed by atoms with E-state index in [1.165, 1.54) is 16.7 Å².